The molecule has 0 bridgehead atoms. The molecule has 1 aliphatic rings. The van der Waals surface area contributed by atoms with Crippen molar-refractivity contribution in [3.05, 3.63) is 58.1 Å². The Morgan fingerprint density at radius 3 is 2.06 bits per heavy atom. The van der Waals surface area contributed by atoms with E-state index >= 15 is 0 Å². The number of hydrogen-bond acceptors (Lipinski definition) is 5. The molecule has 0 unspecified atom stereocenters. The Morgan fingerprint density at radius 1 is 0.971 bits per heavy atom. The Morgan fingerprint density at radius 2 is 1.53 bits per heavy atom. The molecular formula is C25H33N3O5S. The normalized spacial score (nSPS) is 15.1. The average molecular weight is 488 g/mol. The Balaban J connectivity index is 1.55. The van der Waals surface area contributed by atoms with Gasteiger partial charge in [0.15, 0.2) is 0 Å². The summed E-state index contributed by atoms with van der Waals surface area (Å²) in [6, 6.07) is 9.11. The summed E-state index contributed by atoms with van der Waals surface area (Å²) in [7, 11) is -2.09. The maximum atomic E-state index is 13.4. The average Bonchev–Trinajstić information content (AvgIpc) is 2.82. The molecule has 2 amide bonds. The van der Waals surface area contributed by atoms with Crippen molar-refractivity contribution in [2.24, 2.45) is 5.92 Å². The third kappa shape index (κ3) is 5.59. The number of nitrogens with zero attached hydrogens (tertiary/aromatic N) is 1. The van der Waals surface area contributed by atoms with Gasteiger partial charge >= 0.3 is 0 Å². The first-order chi connectivity index (χ1) is 16.0. The number of nitrogens with one attached hydrogen (secondary N) is 2. The number of hydrogen-bond donors (Lipinski definition) is 2. The van der Waals surface area contributed by atoms with Gasteiger partial charge in [-0.25, -0.2) is 8.42 Å². The minimum Gasteiger partial charge on any atom is -0.497 e. The van der Waals surface area contributed by atoms with E-state index in [0.717, 1.165) is 27.8 Å². The van der Waals surface area contributed by atoms with Crippen LogP contribution in [0.3, 0.4) is 0 Å². The van der Waals surface area contributed by atoms with Crippen LogP contribution in [0.1, 0.15) is 40.7 Å². The number of ether oxygens (including phenoxy) is 1. The second kappa shape index (κ2) is 10.6. The molecule has 1 fully saturated rings. The predicted octanol–water partition coefficient (Wildman–Crippen LogP) is 2.72. The van der Waals surface area contributed by atoms with Gasteiger partial charge in [-0.1, -0.05) is 18.2 Å². The SMILES string of the molecule is COc1ccc(CC(=O)NNC(=O)C2CCN(S(=O)(=O)c3c(C)c(C)cc(C)c3C)CC2)cc1. The molecule has 0 saturated carbocycles. The second-order valence-corrected chi connectivity index (χ2v) is 10.7. The minimum absolute atomic E-state index is 0.121. The van der Waals surface area contributed by atoms with Crippen molar-refractivity contribution in [3.63, 3.8) is 0 Å². The van der Waals surface area contributed by atoms with Gasteiger partial charge in [-0.05, 0) is 80.5 Å². The zero-order valence-electron chi connectivity index (χ0n) is 20.4. The maximum absolute atomic E-state index is 13.4. The smallest absolute Gasteiger partial charge is 0.243 e. The summed E-state index contributed by atoms with van der Waals surface area (Å²) >= 11 is 0. The molecule has 0 radical (unpaired) electrons. The van der Waals surface area contributed by atoms with Crippen LogP contribution in [0, 0.1) is 33.6 Å². The molecule has 34 heavy (non-hydrogen) atoms. The first-order valence-corrected chi connectivity index (χ1v) is 12.8. The van der Waals surface area contributed by atoms with E-state index in [-0.39, 0.29) is 37.2 Å². The van der Waals surface area contributed by atoms with Crippen molar-refractivity contribution in [2.75, 3.05) is 20.2 Å². The molecule has 2 aromatic rings. The van der Waals surface area contributed by atoms with Gasteiger partial charge in [0.25, 0.3) is 0 Å². The molecule has 9 heteroatoms. The van der Waals surface area contributed by atoms with Crippen LogP contribution in [-0.4, -0.2) is 44.7 Å². The summed E-state index contributed by atoms with van der Waals surface area (Å²) in [5, 5.41) is 0. The topological polar surface area (TPSA) is 105 Å². The summed E-state index contributed by atoms with van der Waals surface area (Å²) in [4.78, 5) is 25.1. The van der Waals surface area contributed by atoms with E-state index in [4.69, 9.17) is 4.74 Å². The van der Waals surface area contributed by atoms with Gasteiger partial charge in [0.2, 0.25) is 21.8 Å². The summed E-state index contributed by atoms with van der Waals surface area (Å²) in [5.41, 5.74) is 9.15. The van der Waals surface area contributed by atoms with Crippen LogP contribution in [-0.2, 0) is 26.0 Å². The van der Waals surface area contributed by atoms with Crippen LogP contribution in [0.5, 0.6) is 5.75 Å². The monoisotopic (exact) mass is 487 g/mol. The third-order valence-electron chi connectivity index (χ3n) is 6.57. The van der Waals surface area contributed by atoms with Crippen LogP contribution in [0.2, 0.25) is 0 Å². The lowest BCUT2D eigenvalue weighted by Crippen LogP contribution is -2.48. The highest BCUT2D eigenvalue weighted by Crippen LogP contribution is 2.31. The molecule has 0 spiro atoms. The highest BCUT2D eigenvalue weighted by atomic mass is 32.2. The number of rotatable bonds is 6. The van der Waals surface area contributed by atoms with E-state index in [1.165, 1.54) is 4.31 Å². The molecule has 2 aromatic carbocycles. The number of methoxy groups -OCH3 is 1. The number of aryl methyl sites for hydroxylation is 2. The van der Waals surface area contributed by atoms with Crippen LogP contribution >= 0.6 is 0 Å². The highest BCUT2D eigenvalue weighted by Gasteiger charge is 2.34. The van der Waals surface area contributed by atoms with Gasteiger partial charge in [0.05, 0.1) is 18.4 Å². The minimum atomic E-state index is -3.66. The zero-order chi connectivity index (χ0) is 25.0. The summed E-state index contributed by atoms with van der Waals surface area (Å²) in [6.45, 7) is 8.02. The Labute approximate surface area is 201 Å². The number of benzene rings is 2. The highest BCUT2D eigenvalue weighted by molar-refractivity contribution is 7.89. The van der Waals surface area contributed by atoms with Gasteiger partial charge in [0.1, 0.15) is 5.75 Å². The lowest BCUT2D eigenvalue weighted by Gasteiger charge is -2.31. The lowest BCUT2D eigenvalue weighted by molar-refractivity contribution is -0.131. The number of amides is 2. The molecule has 2 N–H and O–H groups in total. The van der Waals surface area contributed by atoms with E-state index in [9.17, 15) is 18.0 Å². The van der Waals surface area contributed by atoms with Crippen molar-refractivity contribution in [3.8, 4) is 5.75 Å². The number of sulfonamides is 1. The molecule has 1 aliphatic heterocycles. The summed E-state index contributed by atoms with van der Waals surface area (Å²) in [6.07, 6.45) is 0.903. The molecule has 184 valence electrons. The van der Waals surface area contributed by atoms with Crippen molar-refractivity contribution >= 4 is 21.8 Å². The molecule has 1 saturated heterocycles. The number of hydrazine groups is 1. The summed E-state index contributed by atoms with van der Waals surface area (Å²) < 4.78 is 33.4. The number of carbonyl (C=O) groups excluding carboxylic acids is 2. The van der Waals surface area contributed by atoms with Crippen LogP contribution in [0.4, 0.5) is 0 Å². The van der Waals surface area contributed by atoms with Gasteiger partial charge in [0, 0.05) is 19.0 Å². The molecular weight excluding hydrogens is 454 g/mol. The van der Waals surface area contributed by atoms with Crippen LogP contribution < -0.4 is 15.6 Å². The van der Waals surface area contributed by atoms with Crippen molar-refractivity contribution in [1.29, 1.82) is 0 Å². The largest absolute Gasteiger partial charge is 0.497 e. The predicted molar refractivity (Wildman–Crippen MR) is 130 cm³/mol. The first-order valence-electron chi connectivity index (χ1n) is 11.3. The van der Waals surface area contributed by atoms with E-state index in [1.54, 1.807) is 31.4 Å². The Hall–Kier alpha value is -2.91. The molecule has 0 aromatic heterocycles. The first kappa shape index (κ1) is 25.7. The van der Waals surface area contributed by atoms with E-state index in [2.05, 4.69) is 10.9 Å². The zero-order valence-corrected chi connectivity index (χ0v) is 21.2. The van der Waals surface area contributed by atoms with Gasteiger partial charge in [-0.2, -0.15) is 4.31 Å². The summed E-state index contributed by atoms with van der Waals surface area (Å²) in [5.74, 6) is -0.305. The van der Waals surface area contributed by atoms with E-state index in [1.807, 2.05) is 33.8 Å². The number of piperidine rings is 1. The number of carbonyl (C=O) groups is 2. The van der Waals surface area contributed by atoms with Gasteiger partial charge < -0.3 is 4.74 Å². The third-order valence-corrected chi connectivity index (χ3v) is 8.74. The molecule has 8 nitrogen and oxygen atoms in total. The van der Waals surface area contributed by atoms with Crippen LogP contribution in [0.15, 0.2) is 35.2 Å². The fraction of sp³-hybridized carbons (Fsp3) is 0.440. The fourth-order valence-corrected chi connectivity index (χ4v) is 6.31. The van der Waals surface area contributed by atoms with Crippen LogP contribution in [0.25, 0.3) is 0 Å². The molecule has 0 atom stereocenters. The second-order valence-electron chi connectivity index (χ2n) is 8.83. The molecule has 0 aliphatic carbocycles. The Kier molecular flexibility index (Phi) is 7.99. The standard InChI is InChI=1S/C25H33N3O5S/c1-16-14-17(2)19(4)24(18(16)3)34(31,32)28-12-10-21(11-13-28)25(30)27-26-23(29)15-20-6-8-22(33-5)9-7-20/h6-9,14,21H,10-13,15H2,1-5H3,(H,26,29)(H,27,30). The quantitative estimate of drug-likeness (QED) is 0.610. The van der Waals surface area contributed by atoms with Crippen molar-refractivity contribution in [1.82, 2.24) is 15.2 Å². The van der Waals surface area contributed by atoms with E-state index < -0.39 is 10.0 Å². The maximum Gasteiger partial charge on any atom is 0.243 e. The molecule has 1 heterocycles. The fourth-order valence-electron chi connectivity index (χ4n) is 4.26. The van der Waals surface area contributed by atoms with E-state index in [0.29, 0.717) is 23.5 Å². The Bertz CT molecular complexity index is 1140. The van der Waals surface area contributed by atoms with Crippen molar-refractivity contribution in [2.45, 2.75) is 51.9 Å². The van der Waals surface area contributed by atoms with Crippen molar-refractivity contribution < 1.29 is 22.7 Å². The lowest BCUT2D eigenvalue weighted by atomic mass is 9.98. The van der Waals surface area contributed by atoms with Gasteiger partial charge in [-0.3, -0.25) is 20.4 Å². The molecule has 3 rings (SSSR count). The van der Waals surface area contributed by atoms with Gasteiger partial charge in [-0.15, -0.1) is 0 Å².